The van der Waals surface area contributed by atoms with Crippen LogP contribution in [0.15, 0.2) is 59.6 Å². The highest BCUT2D eigenvalue weighted by atomic mass is 32.2. The zero-order valence-corrected chi connectivity index (χ0v) is 15.2. The Kier molecular flexibility index (Phi) is 5.22. The minimum atomic E-state index is 0.399. The van der Waals surface area contributed by atoms with Crippen molar-refractivity contribution in [2.75, 3.05) is 13.4 Å². The fraction of sp³-hybridized carbons (Fsp3) is 0.0952. The fourth-order valence-corrected chi connectivity index (χ4v) is 3.31. The van der Waals surface area contributed by atoms with Crippen molar-refractivity contribution >= 4 is 11.8 Å². The third-order valence-corrected chi connectivity index (χ3v) is 4.69. The average Bonchev–Trinajstić information content (AvgIpc) is 2.72. The smallest absolute Gasteiger partial charge is 0.118 e. The molecule has 0 spiro atoms. The van der Waals surface area contributed by atoms with E-state index in [-0.39, 0.29) is 0 Å². The number of thioether (sulfide) groups is 1. The summed E-state index contributed by atoms with van der Waals surface area (Å²) in [6.45, 7) is 0. The molecule has 0 atom stereocenters. The highest BCUT2D eigenvalue weighted by molar-refractivity contribution is 7.98. The van der Waals surface area contributed by atoms with Gasteiger partial charge in [0.25, 0.3) is 0 Å². The summed E-state index contributed by atoms with van der Waals surface area (Å²) < 4.78 is 5.21. The monoisotopic (exact) mass is 357 g/mol. The molecule has 26 heavy (non-hydrogen) atoms. The Morgan fingerprint density at radius 2 is 1.54 bits per heavy atom. The molecule has 0 saturated carbocycles. The van der Waals surface area contributed by atoms with Crippen molar-refractivity contribution in [3.8, 4) is 40.3 Å². The lowest BCUT2D eigenvalue weighted by atomic mass is 9.93. The van der Waals surface area contributed by atoms with Crippen LogP contribution in [0.3, 0.4) is 0 Å². The topological polar surface area (TPSA) is 69.7 Å². The van der Waals surface area contributed by atoms with Crippen LogP contribution in [0, 0.1) is 22.7 Å². The van der Waals surface area contributed by atoms with Gasteiger partial charge in [-0.05, 0) is 24.0 Å². The van der Waals surface area contributed by atoms with E-state index in [0.717, 1.165) is 11.1 Å². The first-order valence-electron chi connectivity index (χ1n) is 7.85. The van der Waals surface area contributed by atoms with Gasteiger partial charge in [0, 0.05) is 11.1 Å². The molecule has 5 heteroatoms. The first kappa shape index (κ1) is 17.5. The molecule has 0 aliphatic heterocycles. The zero-order chi connectivity index (χ0) is 18.5. The first-order valence-corrected chi connectivity index (χ1v) is 9.08. The Hall–Kier alpha value is -3.28. The van der Waals surface area contributed by atoms with E-state index in [1.165, 1.54) is 11.8 Å². The maximum Gasteiger partial charge on any atom is 0.118 e. The van der Waals surface area contributed by atoms with Crippen molar-refractivity contribution in [3.05, 3.63) is 65.7 Å². The van der Waals surface area contributed by atoms with Gasteiger partial charge >= 0.3 is 0 Å². The lowest BCUT2D eigenvalue weighted by molar-refractivity contribution is 0.415. The standard InChI is InChI=1S/C21H15N3OS/c1-25-16-10-8-14(9-11-16)19-17(12-22)20(15-6-4-3-5-7-15)24-21(26-2)18(19)13-23/h3-11H,1-2H3. The predicted molar refractivity (Wildman–Crippen MR) is 103 cm³/mol. The highest BCUT2D eigenvalue weighted by Gasteiger charge is 2.21. The van der Waals surface area contributed by atoms with E-state index in [1.807, 2.05) is 60.9 Å². The van der Waals surface area contributed by atoms with Crippen molar-refractivity contribution in [1.82, 2.24) is 4.98 Å². The van der Waals surface area contributed by atoms with Crippen molar-refractivity contribution in [2.24, 2.45) is 0 Å². The van der Waals surface area contributed by atoms with Gasteiger partial charge < -0.3 is 4.74 Å². The van der Waals surface area contributed by atoms with Crippen LogP contribution in [0.2, 0.25) is 0 Å². The van der Waals surface area contributed by atoms with Crippen LogP contribution in [-0.2, 0) is 0 Å². The molecule has 3 aromatic rings. The van der Waals surface area contributed by atoms with E-state index in [1.54, 1.807) is 7.11 Å². The van der Waals surface area contributed by atoms with E-state index >= 15 is 0 Å². The Bertz CT molecular complexity index is 1020. The molecule has 0 fully saturated rings. The minimum Gasteiger partial charge on any atom is -0.497 e. The molecule has 0 N–H and O–H groups in total. The first-order chi connectivity index (χ1) is 12.7. The molecule has 0 radical (unpaired) electrons. The van der Waals surface area contributed by atoms with Gasteiger partial charge in [-0.25, -0.2) is 4.98 Å². The minimum absolute atomic E-state index is 0.399. The highest BCUT2D eigenvalue weighted by Crippen LogP contribution is 2.37. The summed E-state index contributed by atoms with van der Waals surface area (Å²) in [6.07, 6.45) is 1.88. The molecule has 0 bridgehead atoms. The Morgan fingerprint density at radius 3 is 2.08 bits per heavy atom. The zero-order valence-electron chi connectivity index (χ0n) is 14.4. The summed E-state index contributed by atoms with van der Waals surface area (Å²) in [6, 6.07) is 21.4. The molecule has 0 amide bonds. The van der Waals surface area contributed by atoms with Gasteiger partial charge in [-0.1, -0.05) is 42.5 Å². The number of pyridine rings is 1. The van der Waals surface area contributed by atoms with E-state index in [2.05, 4.69) is 17.1 Å². The number of hydrogen-bond acceptors (Lipinski definition) is 5. The van der Waals surface area contributed by atoms with Crippen LogP contribution >= 0.6 is 11.8 Å². The number of nitrogens with zero attached hydrogens (tertiary/aromatic N) is 3. The van der Waals surface area contributed by atoms with Crippen LogP contribution in [0.25, 0.3) is 22.4 Å². The van der Waals surface area contributed by atoms with Crippen LogP contribution in [0.5, 0.6) is 5.75 Å². The van der Waals surface area contributed by atoms with E-state index in [9.17, 15) is 10.5 Å². The molecule has 0 aliphatic rings. The Labute approximate surface area is 156 Å². The Balaban J connectivity index is 2.37. The third kappa shape index (κ3) is 3.13. The van der Waals surface area contributed by atoms with Gasteiger partial charge in [0.05, 0.1) is 23.9 Å². The summed E-state index contributed by atoms with van der Waals surface area (Å²) in [5.41, 5.74) is 3.64. The van der Waals surface area contributed by atoms with Crippen molar-refractivity contribution in [1.29, 1.82) is 10.5 Å². The maximum atomic E-state index is 9.88. The molecule has 0 unspecified atom stereocenters. The molecule has 0 aliphatic carbocycles. The van der Waals surface area contributed by atoms with E-state index in [0.29, 0.717) is 33.2 Å². The summed E-state index contributed by atoms with van der Waals surface area (Å²) >= 11 is 1.40. The number of methoxy groups -OCH3 is 1. The predicted octanol–water partition coefficient (Wildman–Crippen LogP) is 4.89. The van der Waals surface area contributed by atoms with E-state index in [4.69, 9.17) is 4.74 Å². The van der Waals surface area contributed by atoms with Crippen LogP contribution in [-0.4, -0.2) is 18.3 Å². The maximum absolute atomic E-state index is 9.88. The number of hydrogen-bond donors (Lipinski definition) is 0. The van der Waals surface area contributed by atoms with Crippen LogP contribution in [0.1, 0.15) is 11.1 Å². The van der Waals surface area contributed by atoms with Gasteiger partial charge in [-0.3, -0.25) is 0 Å². The Morgan fingerprint density at radius 1 is 0.885 bits per heavy atom. The molecule has 1 aromatic heterocycles. The van der Waals surface area contributed by atoms with Gasteiger partial charge in [-0.15, -0.1) is 11.8 Å². The second-order valence-electron chi connectivity index (χ2n) is 5.41. The average molecular weight is 357 g/mol. The second kappa shape index (κ2) is 7.74. The summed E-state index contributed by atoms with van der Waals surface area (Å²) in [5, 5.41) is 20.2. The molecule has 126 valence electrons. The third-order valence-electron chi connectivity index (χ3n) is 4.01. The second-order valence-corrected chi connectivity index (χ2v) is 6.21. The molecule has 3 rings (SSSR count). The van der Waals surface area contributed by atoms with Gasteiger partial charge in [0.15, 0.2) is 0 Å². The number of benzene rings is 2. The molecule has 2 aromatic carbocycles. The summed E-state index contributed by atoms with van der Waals surface area (Å²) in [7, 11) is 1.60. The molecular formula is C21H15N3OS. The van der Waals surface area contributed by atoms with Crippen LogP contribution in [0.4, 0.5) is 0 Å². The quantitative estimate of drug-likeness (QED) is 0.622. The van der Waals surface area contributed by atoms with Gasteiger partial charge in [-0.2, -0.15) is 10.5 Å². The van der Waals surface area contributed by atoms with Gasteiger partial charge in [0.1, 0.15) is 22.9 Å². The number of aromatic nitrogens is 1. The number of rotatable bonds is 4. The summed E-state index contributed by atoms with van der Waals surface area (Å²) in [4.78, 5) is 4.62. The fourth-order valence-electron chi connectivity index (χ4n) is 2.78. The largest absolute Gasteiger partial charge is 0.497 e. The SMILES string of the molecule is COc1ccc(-c2c(C#N)c(SC)nc(-c3ccccc3)c2C#N)cc1. The molecule has 4 nitrogen and oxygen atoms in total. The molecular weight excluding hydrogens is 342 g/mol. The normalized spacial score (nSPS) is 10.0. The van der Waals surface area contributed by atoms with Crippen molar-refractivity contribution < 1.29 is 4.74 Å². The lowest BCUT2D eigenvalue weighted by Gasteiger charge is -2.14. The van der Waals surface area contributed by atoms with Gasteiger partial charge in [0.2, 0.25) is 0 Å². The van der Waals surface area contributed by atoms with Crippen LogP contribution < -0.4 is 4.74 Å². The van der Waals surface area contributed by atoms with Crippen molar-refractivity contribution in [2.45, 2.75) is 5.03 Å². The number of ether oxygens (including phenoxy) is 1. The molecule has 1 heterocycles. The van der Waals surface area contributed by atoms with E-state index < -0.39 is 0 Å². The van der Waals surface area contributed by atoms with Crippen molar-refractivity contribution in [3.63, 3.8) is 0 Å². The molecule has 0 saturated heterocycles. The summed E-state index contributed by atoms with van der Waals surface area (Å²) in [5.74, 6) is 0.716. The lowest BCUT2D eigenvalue weighted by Crippen LogP contribution is -2.00. The number of nitriles is 2.